The zero-order chi connectivity index (χ0) is 15.5. The van der Waals surface area contributed by atoms with E-state index < -0.39 is 11.9 Å². The Hall–Kier alpha value is -2.24. The van der Waals surface area contributed by atoms with Crippen molar-refractivity contribution in [2.24, 2.45) is 0 Å². The number of nitrogens with zero attached hydrogens (tertiary/aromatic N) is 2. The molecule has 0 aliphatic carbocycles. The van der Waals surface area contributed by atoms with Gasteiger partial charge in [0.2, 0.25) is 0 Å². The summed E-state index contributed by atoms with van der Waals surface area (Å²) in [6.07, 6.45) is -4.47. The topological polar surface area (TPSA) is 25.4 Å². The van der Waals surface area contributed by atoms with E-state index in [2.05, 4.69) is 4.98 Å². The molecule has 6 heteroatoms. The van der Waals surface area contributed by atoms with Gasteiger partial charge in [-0.25, -0.2) is 4.98 Å². The van der Waals surface area contributed by atoms with Crippen LogP contribution in [0.4, 0.5) is 19.0 Å². The summed E-state index contributed by atoms with van der Waals surface area (Å²) in [7, 11) is 3.25. The van der Waals surface area contributed by atoms with Crippen LogP contribution in [-0.2, 0) is 12.8 Å². The fraction of sp³-hybridized carbons (Fsp3) is 0.267. The Kier molecular flexibility index (Phi) is 4.35. The smallest absolute Gasteiger partial charge is 0.433 e. The van der Waals surface area contributed by atoms with Gasteiger partial charge in [-0.3, -0.25) is 0 Å². The Labute approximate surface area is 121 Å². The number of aromatic nitrogens is 1. The van der Waals surface area contributed by atoms with Crippen molar-refractivity contribution in [2.75, 3.05) is 19.0 Å². The van der Waals surface area contributed by atoms with Gasteiger partial charge in [0.15, 0.2) is 11.6 Å². The Balaban J connectivity index is 2.23. The molecule has 0 saturated carbocycles. The number of anilines is 1. The van der Waals surface area contributed by atoms with Gasteiger partial charge in [0.1, 0.15) is 12.3 Å². The number of rotatable bonds is 4. The molecule has 21 heavy (non-hydrogen) atoms. The van der Waals surface area contributed by atoms with Crippen LogP contribution >= 0.6 is 0 Å². The van der Waals surface area contributed by atoms with Gasteiger partial charge in [-0.2, -0.15) is 13.2 Å². The third-order valence-corrected chi connectivity index (χ3v) is 2.79. The van der Waals surface area contributed by atoms with E-state index in [9.17, 15) is 13.2 Å². The fourth-order valence-electron chi connectivity index (χ4n) is 1.76. The lowest BCUT2D eigenvalue weighted by Crippen LogP contribution is -2.16. The van der Waals surface area contributed by atoms with E-state index in [1.54, 1.807) is 14.1 Å². The predicted octanol–water partition coefficient (Wildman–Crippen LogP) is 3.75. The minimum atomic E-state index is -4.47. The second kappa shape index (κ2) is 6.03. The molecule has 0 bridgehead atoms. The summed E-state index contributed by atoms with van der Waals surface area (Å²) in [4.78, 5) is 5.13. The lowest BCUT2D eigenvalue weighted by atomic mass is 10.2. The van der Waals surface area contributed by atoms with Crippen molar-refractivity contribution in [1.82, 2.24) is 4.98 Å². The Morgan fingerprint density at radius 1 is 1.05 bits per heavy atom. The Morgan fingerprint density at radius 3 is 2.29 bits per heavy atom. The van der Waals surface area contributed by atoms with Crippen LogP contribution < -0.4 is 9.64 Å². The second-order valence-electron chi connectivity index (χ2n) is 4.68. The van der Waals surface area contributed by atoms with Crippen LogP contribution in [0.25, 0.3) is 0 Å². The van der Waals surface area contributed by atoms with E-state index in [1.807, 2.05) is 30.3 Å². The largest absolute Gasteiger partial charge is 0.485 e. The molecule has 0 N–H and O–H groups in total. The number of hydrogen-bond acceptors (Lipinski definition) is 3. The third kappa shape index (κ3) is 3.87. The van der Waals surface area contributed by atoms with Gasteiger partial charge in [0.25, 0.3) is 0 Å². The van der Waals surface area contributed by atoms with E-state index in [1.165, 1.54) is 11.0 Å². The first-order chi connectivity index (χ1) is 9.88. The molecule has 0 saturated heterocycles. The molecule has 1 heterocycles. The van der Waals surface area contributed by atoms with Gasteiger partial charge in [-0.05, 0) is 17.7 Å². The minimum absolute atomic E-state index is 0.153. The van der Waals surface area contributed by atoms with Gasteiger partial charge < -0.3 is 9.64 Å². The molecule has 2 aromatic rings. The summed E-state index contributed by atoms with van der Waals surface area (Å²) in [5, 5.41) is 0. The quantitative estimate of drug-likeness (QED) is 0.859. The average Bonchev–Trinajstić information content (AvgIpc) is 2.45. The highest BCUT2D eigenvalue weighted by molar-refractivity contribution is 5.52. The van der Waals surface area contributed by atoms with Gasteiger partial charge in [0, 0.05) is 14.1 Å². The molecule has 0 unspecified atom stereocenters. The third-order valence-electron chi connectivity index (χ3n) is 2.79. The summed E-state index contributed by atoms with van der Waals surface area (Å²) in [5.74, 6) is 0.470. The van der Waals surface area contributed by atoms with E-state index in [4.69, 9.17) is 4.74 Å². The van der Waals surface area contributed by atoms with Crippen molar-refractivity contribution < 1.29 is 17.9 Å². The van der Waals surface area contributed by atoms with Crippen LogP contribution in [-0.4, -0.2) is 19.1 Å². The first-order valence-corrected chi connectivity index (χ1v) is 6.30. The lowest BCUT2D eigenvalue weighted by molar-refractivity contribution is -0.141. The molecule has 0 amide bonds. The van der Waals surface area contributed by atoms with Crippen LogP contribution in [0.2, 0.25) is 0 Å². The van der Waals surface area contributed by atoms with Crippen molar-refractivity contribution in [1.29, 1.82) is 0 Å². The molecule has 0 fully saturated rings. The van der Waals surface area contributed by atoms with E-state index in [-0.39, 0.29) is 12.4 Å². The molecule has 0 radical (unpaired) electrons. The summed E-state index contributed by atoms with van der Waals surface area (Å²) in [6.45, 7) is 0.273. The summed E-state index contributed by atoms with van der Waals surface area (Å²) >= 11 is 0. The van der Waals surface area contributed by atoms with Crippen LogP contribution in [0.1, 0.15) is 11.3 Å². The number of hydrogen-bond donors (Lipinski definition) is 0. The lowest BCUT2D eigenvalue weighted by Gasteiger charge is -2.18. The molecule has 1 aromatic heterocycles. The summed E-state index contributed by atoms with van der Waals surface area (Å²) in [5.41, 5.74) is 0.000338. The van der Waals surface area contributed by atoms with Crippen molar-refractivity contribution in [3.63, 3.8) is 0 Å². The maximum absolute atomic E-state index is 12.7. The van der Waals surface area contributed by atoms with Crippen molar-refractivity contribution in [2.45, 2.75) is 12.8 Å². The molecule has 3 nitrogen and oxygen atoms in total. The molecule has 112 valence electrons. The zero-order valence-electron chi connectivity index (χ0n) is 11.7. The predicted molar refractivity (Wildman–Crippen MR) is 74.3 cm³/mol. The number of benzene rings is 1. The molecule has 0 aliphatic heterocycles. The first-order valence-electron chi connectivity index (χ1n) is 6.30. The number of ether oxygens (including phenoxy) is 1. The van der Waals surface area contributed by atoms with Crippen LogP contribution in [0.3, 0.4) is 0 Å². The second-order valence-corrected chi connectivity index (χ2v) is 4.68. The van der Waals surface area contributed by atoms with Gasteiger partial charge in [-0.1, -0.05) is 30.3 Å². The van der Waals surface area contributed by atoms with Crippen LogP contribution in [0.15, 0.2) is 42.5 Å². The van der Waals surface area contributed by atoms with Gasteiger partial charge >= 0.3 is 6.18 Å². The number of pyridine rings is 1. The highest BCUT2D eigenvalue weighted by Crippen LogP contribution is 2.33. The Morgan fingerprint density at radius 2 is 1.71 bits per heavy atom. The average molecular weight is 296 g/mol. The highest BCUT2D eigenvalue weighted by Gasteiger charge is 2.33. The standard InChI is InChI=1S/C15H15F3N2O/c1-20(2)14-12(8-9-13(19-14)15(16,17)18)21-10-11-6-4-3-5-7-11/h3-9H,10H2,1-2H3. The number of halogens is 3. The van der Waals surface area contributed by atoms with Crippen LogP contribution in [0, 0.1) is 0 Å². The molecule has 0 aliphatic rings. The molecule has 2 rings (SSSR count). The molecule has 0 spiro atoms. The van der Waals surface area contributed by atoms with Gasteiger partial charge in [-0.15, -0.1) is 0 Å². The first kappa shape index (κ1) is 15.2. The zero-order valence-corrected chi connectivity index (χ0v) is 11.7. The molecule has 0 atom stereocenters. The van der Waals surface area contributed by atoms with Crippen LogP contribution in [0.5, 0.6) is 5.75 Å². The molecular weight excluding hydrogens is 281 g/mol. The van der Waals surface area contributed by atoms with Crippen molar-refractivity contribution >= 4 is 5.82 Å². The molecule has 1 aromatic carbocycles. The maximum Gasteiger partial charge on any atom is 0.433 e. The molecular formula is C15H15F3N2O. The van der Waals surface area contributed by atoms with E-state index >= 15 is 0 Å². The monoisotopic (exact) mass is 296 g/mol. The normalized spacial score (nSPS) is 11.3. The van der Waals surface area contributed by atoms with Crippen molar-refractivity contribution in [3.05, 3.63) is 53.7 Å². The van der Waals surface area contributed by atoms with E-state index in [0.717, 1.165) is 11.6 Å². The Bertz CT molecular complexity index is 598. The fourth-order valence-corrected chi connectivity index (χ4v) is 1.76. The van der Waals surface area contributed by atoms with Gasteiger partial charge in [0.05, 0.1) is 0 Å². The number of alkyl halides is 3. The maximum atomic E-state index is 12.7. The SMILES string of the molecule is CN(C)c1nc(C(F)(F)F)ccc1OCc1ccccc1. The highest BCUT2D eigenvalue weighted by atomic mass is 19.4. The summed E-state index contributed by atoms with van der Waals surface area (Å²) in [6, 6.07) is 11.6. The minimum Gasteiger partial charge on any atom is -0.485 e. The van der Waals surface area contributed by atoms with Crippen molar-refractivity contribution in [3.8, 4) is 5.75 Å². The van der Waals surface area contributed by atoms with E-state index in [0.29, 0.717) is 5.75 Å². The summed E-state index contributed by atoms with van der Waals surface area (Å²) < 4.78 is 43.7.